The van der Waals surface area contributed by atoms with Gasteiger partial charge in [-0.1, -0.05) is 19.3 Å². The number of nitrogens with one attached hydrogen (secondary N) is 1. The minimum Gasteiger partial charge on any atom is -0.397 e. The summed E-state index contributed by atoms with van der Waals surface area (Å²) in [5.41, 5.74) is 5.65. The number of hydrogen-bond acceptors (Lipinski definition) is 4. The summed E-state index contributed by atoms with van der Waals surface area (Å²) in [5, 5.41) is 13.4. The Labute approximate surface area is 95.9 Å². The molecule has 2 rings (SSSR count). The third kappa shape index (κ3) is 2.85. The van der Waals surface area contributed by atoms with Crippen molar-refractivity contribution in [2.24, 2.45) is 0 Å². The SMILES string of the molecule is Nc1ccc(NCC2(O)CCCCC2)nc1. The van der Waals surface area contributed by atoms with E-state index in [0.717, 1.165) is 31.5 Å². The molecule has 1 aliphatic rings. The number of nitrogen functional groups attached to an aromatic ring is 1. The predicted octanol–water partition coefficient (Wildman–Crippen LogP) is 1.77. The molecule has 1 aromatic heterocycles. The number of nitrogens with two attached hydrogens (primary N) is 1. The van der Waals surface area contributed by atoms with Crippen LogP contribution in [0.5, 0.6) is 0 Å². The zero-order valence-corrected chi connectivity index (χ0v) is 9.45. The summed E-state index contributed by atoms with van der Waals surface area (Å²) >= 11 is 0. The maximum absolute atomic E-state index is 10.3. The predicted molar refractivity (Wildman–Crippen MR) is 65.2 cm³/mol. The Balaban J connectivity index is 1.88. The number of aliphatic hydroxyl groups is 1. The highest BCUT2D eigenvalue weighted by atomic mass is 16.3. The van der Waals surface area contributed by atoms with Crippen LogP contribution in [0.15, 0.2) is 18.3 Å². The lowest BCUT2D eigenvalue weighted by molar-refractivity contribution is 0.0166. The first-order valence-corrected chi connectivity index (χ1v) is 5.86. The first-order valence-electron chi connectivity index (χ1n) is 5.86. The Bertz CT molecular complexity index is 331. The van der Waals surface area contributed by atoms with Gasteiger partial charge < -0.3 is 16.2 Å². The molecule has 1 aliphatic carbocycles. The van der Waals surface area contributed by atoms with Gasteiger partial charge in [-0.25, -0.2) is 4.98 Å². The summed E-state index contributed by atoms with van der Waals surface area (Å²) in [4.78, 5) is 4.15. The van der Waals surface area contributed by atoms with Crippen LogP contribution in [0.25, 0.3) is 0 Å². The van der Waals surface area contributed by atoms with Crippen molar-refractivity contribution in [3.63, 3.8) is 0 Å². The number of hydrogen-bond donors (Lipinski definition) is 3. The monoisotopic (exact) mass is 221 g/mol. The molecule has 4 nitrogen and oxygen atoms in total. The Morgan fingerprint density at radius 3 is 2.69 bits per heavy atom. The molecule has 0 unspecified atom stereocenters. The van der Waals surface area contributed by atoms with E-state index in [0.29, 0.717) is 12.2 Å². The van der Waals surface area contributed by atoms with Crippen molar-refractivity contribution in [3.05, 3.63) is 18.3 Å². The fraction of sp³-hybridized carbons (Fsp3) is 0.583. The molecule has 1 fully saturated rings. The van der Waals surface area contributed by atoms with Crippen molar-refractivity contribution in [1.29, 1.82) is 0 Å². The van der Waals surface area contributed by atoms with Crippen molar-refractivity contribution in [3.8, 4) is 0 Å². The van der Waals surface area contributed by atoms with Crippen molar-refractivity contribution in [2.75, 3.05) is 17.6 Å². The van der Waals surface area contributed by atoms with Gasteiger partial charge in [0.05, 0.1) is 17.5 Å². The lowest BCUT2D eigenvalue weighted by Gasteiger charge is -2.32. The summed E-state index contributed by atoms with van der Waals surface area (Å²) < 4.78 is 0. The highest BCUT2D eigenvalue weighted by Gasteiger charge is 2.28. The topological polar surface area (TPSA) is 71.2 Å². The van der Waals surface area contributed by atoms with E-state index >= 15 is 0 Å². The van der Waals surface area contributed by atoms with Gasteiger partial charge in [-0.15, -0.1) is 0 Å². The molecular weight excluding hydrogens is 202 g/mol. The fourth-order valence-corrected chi connectivity index (χ4v) is 2.15. The van der Waals surface area contributed by atoms with E-state index in [1.165, 1.54) is 6.42 Å². The fourth-order valence-electron chi connectivity index (χ4n) is 2.15. The normalized spacial score (nSPS) is 19.3. The minimum absolute atomic E-state index is 0.554. The number of pyridine rings is 1. The lowest BCUT2D eigenvalue weighted by atomic mass is 9.85. The van der Waals surface area contributed by atoms with Crippen LogP contribution in [-0.4, -0.2) is 22.2 Å². The van der Waals surface area contributed by atoms with Crippen molar-refractivity contribution >= 4 is 11.5 Å². The van der Waals surface area contributed by atoms with Crippen molar-refractivity contribution in [1.82, 2.24) is 4.98 Å². The van der Waals surface area contributed by atoms with Crippen LogP contribution in [-0.2, 0) is 0 Å². The number of aromatic nitrogens is 1. The van der Waals surface area contributed by atoms with Crippen molar-refractivity contribution < 1.29 is 5.11 Å². The van der Waals surface area contributed by atoms with Gasteiger partial charge in [0, 0.05) is 6.54 Å². The number of anilines is 2. The largest absolute Gasteiger partial charge is 0.397 e. The molecule has 4 N–H and O–H groups in total. The molecule has 16 heavy (non-hydrogen) atoms. The Morgan fingerprint density at radius 2 is 2.06 bits per heavy atom. The van der Waals surface area contributed by atoms with Gasteiger partial charge >= 0.3 is 0 Å². The molecule has 0 bridgehead atoms. The maximum atomic E-state index is 10.3. The second-order valence-corrected chi connectivity index (χ2v) is 4.62. The van der Waals surface area contributed by atoms with Crippen LogP contribution < -0.4 is 11.1 Å². The van der Waals surface area contributed by atoms with Crippen molar-refractivity contribution in [2.45, 2.75) is 37.7 Å². The van der Waals surface area contributed by atoms with Crippen LogP contribution in [0, 0.1) is 0 Å². The van der Waals surface area contributed by atoms with E-state index in [1.807, 2.05) is 6.07 Å². The lowest BCUT2D eigenvalue weighted by Crippen LogP contribution is -2.38. The summed E-state index contributed by atoms with van der Waals surface area (Å²) in [6, 6.07) is 3.64. The van der Waals surface area contributed by atoms with Gasteiger partial charge in [0.2, 0.25) is 0 Å². The van der Waals surface area contributed by atoms with Crippen LogP contribution in [0.4, 0.5) is 11.5 Å². The quantitative estimate of drug-likeness (QED) is 0.727. The average molecular weight is 221 g/mol. The molecular formula is C12H19N3O. The van der Waals surface area contributed by atoms with Gasteiger partial charge in [-0.2, -0.15) is 0 Å². The highest BCUT2D eigenvalue weighted by molar-refractivity contribution is 5.43. The van der Waals surface area contributed by atoms with Crippen LogP contribution in [0.2, 0.25) is 0 Å². The van der Waals surface area contributed by atoms with Gasteiger partial charge in [0.15, 0.2) is 0 Å². The van der Waals surface area contributed by atoms with Gasteiger partial charge in [0.1, 0.15) is 5.82 Å². The van der Waals surface area contributed by atoms with E-state index in [1.54, 1.807) is 12.3 Å². The molecule has 1 aromatic rings. The Hall–Kier alpha value is -1.29. The van der Waals surface area contributed by atoms with Crippen LogP contribution in [0.3, 0.4) is 0 Å². The first kappa shape index (κ1) is 11.2. The van der Waals surface area contributed by atoms with E-state index in [2.05, 4.69) is 10.3 Å². The molecule has 0 atom stereocenters. The third-order valence-electron chi connectivity index (χ3n) is 3.17. The van der Waals surface area contributed by atoms with E-state index in [-0.39, 0.29) is 0 Å². The molecule has 0 aliphatic heterocycles. The molecule has 0 aromatic carbocycles. The van der Waals surface area contributed by atoms with Gasteiger partial charge in [0.25, 0.3) is 0 Å². The smallest absolute Gasteiger partial charge is 0.126 e. The molecule has 88 valence electrons. The van der Waals surface area contributed by atoms with Crippen LogP contribution >= 0.6 is 0 Å². The summed E-state index contributed by atoms with van der Waals surface area (Å²) in [7, 11) is 0. The standard InChI is InChI=1S/C12H19N3O/c13-10-4-5-11(14-8-10)15-9-12(16)6-2-1-3-7-12/h4-5,8,16H,1-3,6-7,9,13H2,(H,14,15). The van der Waals surface area contributed by atoms with E-state index in [9.17, 15) is 5.11 Å². The first-order chi connectivity index (χ1) is 7.68. The van der Waals surface area contributed by atoms with E-state index in [4.69, 9.17) is 5.73 Å². The second-order valence-electron chi connectivity index (χ2n) is 4.62. The van der Waals surface area contributed by atoms with Gasteiger partial charge in [-0.05, 0) is 25.0 Å². The average Bonchev–Trinajstić information content (AvgIpc) is 2.29. The molecule has 0 spiro atoms. The number of nitrogens with zero attached hydrogens (tertiary/aromatic N) is 1. The van der Waals surface area contributed by atoms with E-state index < -0.39 is 5.60 Å². The second kappa shape index (κ2) is 4.70. The number of rotatable bonds is 3. The highest BCUT2D eigenvalue weighted by Crippen LogP contribution is 2.28. The Morgan fingerprint density at radius 1 is 1.31 bits per heavy atom. The molecule has 0 amide bonds. The zero-order chi connectivity index (χ0) is 11.4. The summed E-state index contributed by atoms with van der Waals surface area (Å²) in [6.45, 7) is 0.573. The molecule has 1 saturated carbocycles. The van der Waals surface area contributed by atoms with Gasteiger partial charge in [-0.3, -0.25) is 0 Å². The molecule has 1 heterocycles. The maximum Gasteiger partial charge on any atom is 0.126 e. The molecule has 0 radical (unpaired) electrons. The minimum atomic E-state index is -0.554. The molecule has 4 heteroatoms. The summed E-state index contributed by atoms with van der Waals surface area (Å²) in [5.74, 6) is 0.771. The third-order valence-corrected chi connectivity index (χ3v) is 3.17. The Kier molecular flexibility index (Phi) is 3.29. The molecule has 0 saturated heterocycles. The zero-order valence-electron chi connectivity index (χ0n) is 9.45. The van der Waals surface area contributed by atoms with Crippen LogP contribution in [0.1, 0.15) is 32.1 Å². The summed E-state index contributed by atoms with van der Waals surface area (Å²) in [6.07, 6.45) is 6.86.